The largest absolute Gasteiger partial charge is 0.352 e. The Morgan fingerprint density at radius 2 is 2.10 bits per heavy atom. The monoisotopic (exact) mass is 289 g/mol. The molecule has 2 rings (SSSR count). The Labute approximate surface area is 124 Å². The molecule has 0 aliphatic rings. The van der Waals surface area contributed by atoms with E-state index in [0.29, 0.717) is 12.1 Å². The number of carbonyl (C=O) groups is 1. The molecule has 2 aromatic rings. The highest BCUT2D eigenvalue weighted by atomic mass is 19.1. The maximum atomic E-state index is 13.0. The van der Waals surface area contributed by atoms with Crippen molar-refractivity contribution in [2.75, 3.05) is 6.54 Å². The van der Waals surface area contributed by atoms with E-state index < -0.39 is 0 Å². The van der Waals surface area contributed by atoms with Gasteiger partial charge in [0, 0.05) is 31.0 Å². The van der Waals surface area contributed by atoms with Crippen LogP contribution >= 0.6 is 0 Å². The van der Waals surface area contributed by atoms with Crippen LogP contribution in [0.5, 0.6) is 0 Å². The number of carbonyl (C=O) groups excluding carboxylic acids is 1. The molecule has 1 aromatic heterocycles. The fourth-order valence-corrected chi connectivity index (χ4v) is 2.13. The van der Waals surface area contributed by atoms with Gasteiger partial charge in [-0.05, 0) is 31.0 Å². The summed E-state index contributed by atoms with van der Waals surface area (Å²) in [6.45, 7) is 1.61. The number of aromatic nitrogens is 2. The fraction of sp³-hybridized carbons (Fsp3) is 0.375. The Kier molecular flexibility index (Phi) is 5.94. The summed E-state index contributed by atoms with van der Waals surface area (Å²) in [5.41, 5.74) is 0.370. The van der Waals surface area contributed by atoms with Gasteiger partial charge < -0.3 is 9.88 Å². The fourth-order valence-electron chi connectivity index (χ4n) is 2.13. The number of nitrogens with one attached hydrogen (secondary N) is 1. The number of nitrogens with zero attached hydrogens (tertiary/aromatic N) is 2. The van der Waals surface area contributed by atoms with E-state index in [9.17, 15) is 9.18 Å². The van der Waals surface area contributed by atoms with Crippen molar-refractivity contribution in [3.63, 3.8) is 0 Å². The summed E-state index contributed by atoms with van der Waals surface area (Å²) in [7, 11) is 0. The van der Waals surface area contributed by atoms with Gasteiger partial charge >= 0.3 is 0 Å². The van der Waals surface area contributed by atoms with E-state index in [1.807, 2.05) is 12.5 Å². The average molecular weight is 289 g/mol. The molecule has 112 valence electrons. The normalized spacial score (nSPS) is 10.5. The van der Waals surface area contributed by atoms with Crippen LogP contribution in [0.4, 0.5) is 4.39 Å². The molecule has 1 aromatic carbocycles. The zero-order valence-corrected chi connectivity index (χ0v) is 12.0. The van der Waals surface area contributed by atoms with E-state index in [1.165, 1.54) is 12.1 Å². The van der Waals surface area contributed by atoms with Gasteiger partial charge in [0.15, 0.2) is 0 Å². The highest BCUT2D eigenvalue weighted by Gasteiger charge is 2.04. The van der Waals surface area contributed by atoms with Crippen LogP contribution in [-0.4, -0.2) is 22.0 Å². The summed E-state index contributed by atoms with van der Waals surface area (Å²) in [5.74, 6) is -0.602. The number of hydrogen-bond acceptors (Lipinski definition) is 2. The smallest absolute Gasteiger partial charge is 0.251 e. The molecular weight excluding hydrogens is 269 g/mol. The van der Waals surface area contributed by atoms with E-state index in [-0.39, 0.29) is 11.7 Å². The summed E-state index contributed by atoms with van der Waals surface area (Å²) in [4.78, 5) is 15.7. The second-order valence-electron chi connectivity index (χ2n) is 4.98. The third-order valence-electron chi connectivity index (χ3n) is 3.27. The van der Waals surface area contributed by atoms with Gasteiger partial charge in [-0.2, -0.15) is 0 Å². The summed E-state index contributed by atoms with van der Waals surface area (Å²) >= 11 is 0. The molecule has 0 spiro atoms. The summed E-state index contributed by atoms with van der Waals surface area (Å²) in [6, 6.07) is 5.74. The van der Waals surface area contributed by atoms with Gasteiger partial charge in [-0.3, -0.25) is 4.79 Å². The van der Waals surface area contributed by atoms with E-state index >= 15 is 0 Å². The molecule has 21 heavy (non-hydrogen) atoms. The summed E-state index contributed by atoms with van der Waals surface area (Å²) < 4.78 is 15.0. The Bertz CT molecular complexity index is 554. The minimum atomic E-state index is -0.387. The van der Waals surface area contributed by atoms with E-state index in [1.54, 1.807) is 18.3 Å². The van der Waals surface area contributed by atoms with Gasteiger partial charge in [-0.25, -0.2) is 9.37 Å². The van der Waals surface area contributed by atoms with Crippen molar-refractivity contribution in [2.45, 2.75) is 32.2 Å². The van der Waals surface area contributed by atoms with Crippen LogP contribution in [0.2, 0.25) is 0 Å². The molecular formula is C16H20FN3O. The van der Waals surface area contributed by atoms with E-state index in [2.05, 4.69) is 14.9 Å². The molecule has 4 nitrogen and oxygen atoms in total. The van der Waals surface area contributed by atoms with Crippen molar-refractivity contribution in [1.82, 2.24) is 14.9 Å². The zero-order chi connectivity index (χ0) is 14.9. The Hall–Kier alpha value is -2.17. The number of halogens is 1. The number of aryl methyl sites for hydroxylation is 1. The number of unbranched alkanes of at least 4 members (excludes halogenated alkanes) is 3. The van der Waals surface area contributed by atoms with Crippen LogP contribution in [0.1, 0.15) is 36.0 Å². The van der Waals surface area contributed by atoms with Crippen molar-refractivity contribution >= 4 is 5.91 Å². The molecule has 5 heteroatoms. The second-order valence-corrected chi connectivity index (χ2v) is 4.98. The summed E-state index contributed by atoms with van der Waals surface area (Å²) in [6.07, 6.45) is 9.78. The van der Waals surface area contributed by atoms with Gasteiger partial charge in [0.2, 0.25) is 0 Å². The minimum Gasteiger partial charge on any atom is -0.352 e. The van der Waals surface area contributed by atoms with E-state index in [0.717, 1.165) is 32.2 Å². The van der Waals surface area contributed by atoms with Crippen LogP contribution in [-0.2, 0) is 6.54 Å². The standard InChI is InChI=1S/C16H20FN3O/c17-15-7-5-6-14(12-15)16(21)19-8-3-1-2-4-10-20-11-9-18-13-20/h5-7,9,11-13H,1-4,8,10H2,(H,19,21). The highest BCUT2D eigenvalue weighted by Crippen LogP contribution is 2.04. The minimum absolute atomic E-state index is 0.215. The first-order valence-corrected chi connectivity index (χ1v) is 7.25. The van der Waals surface area contributed by atoms with Crippen molar-refractivity contribution in [1.29, 1.82) is 0 Å². The Morgan fingerprint density at radius 1 is 1.24 bits per heavy atom. The third-order valence-corrected chi connectivity index (χ3v) is 3.27. The van der Waals surface area contributed by atoms with Crippen molar-refractivity contribution in [3.05, 3.63) is 54.4 Å². The number of benzene rings is 1. The molecule has 1 N–H and O–H groups in total. The van der Waals surface area contributed by atoms with Gasteiger partial charge in [0.05, 0.1) is 6.33 Å². The predicted molar refractivity (Wildman–Crippen MR) is 79.4 cm³/mol. The summed E-state index contributed by atoms with van der Waals surface area (Å²) in [5, 5.41) is 2.81. The third kappa shape index (κ3) is 5.38. The van der Waals surface area contributed by atoms with Crippen molar-refractivity contribution < 1.29 is 9.18 Å². The first kappa shape index (κ1) is 15.2. The molecule has 0 aliphatic carbocycles. The highest BCUT2D eigenvalue weighted by molar-refractivity contribution is 5.94. The van der Waals surface area contributed by atoms with Gasteiger partial charge in [-0.1, -0.05) is 18.9 Å². The lowest BCUT2D eigenvalue weighted by atomic mass is 10.2. The molecule has 1 heterocycles. The maximum Gasteiger partial charge on any atom is 0.251 e. The van der Waals surface area contributed by atoms with E-state index in [4.69, 9.17) is 0 Å². The molecule has 1 amide bonds. The zero-order valence-electron chi connectivity index (χ0n) is 12.0. The molecule has 0 unspecified atom stereocenters. The number of hydrogen-bond donors (Lipinski definition) is 1. The van der Waals surface area contributed by atoms with Crippen LogP contribution in [0.15, 0.2) is 43.0 Å². The van der Waals surface area contributed by atoms with Crippen molar-refractivity contribution in [3.8, 4) is 0 Å². The lowest BCUT2D eigenvalue weighted by Crippen LogP contribution is -2.24. The first-order valence-electron chi connectivity index (χ1n) is 7.25. The molecule has 0 saturated carbocycles. The lowest BCUT2D eigenvalue weighted by Gasteiger charge is -2.06. The first-order chi connectivity index (χ1) is 10.3. The van der Waals surface area contributed by atoms with Gasteiger partial charge in [0.25, 0.3) is 5.91 Å². The molecule has 0 fully saturated rings. The molecule has 0 saturated heterocycles. The SMILES string of the molecule is O=C(NCCCCCCn1ccnc1)c1cccc(F)c1. The number of rotatable bonds is 8. The molecule has 0 bridgehead atoms. The molecule has 0 aliphatic heterocycles. The average Bonchev–Trinajstić information content (AvgIpc) is 2.99. The van der Waals surface area contributed by atoms with Crippen LogP contribution in [0.25, 0.3) is 0 Å². The predicted octanol–water partition coefficient (Wildman–Crippen LogP) is 3.01. The van der Waals surface area contributed by atoms with Crippen molar-refractivity contribution in [2.24, 2.45) is 0 Å². The van der Waals surface area contributed by atoms with Crippen LogP contribution < -0.4 is 5.32 Å². The number of amides is 1. The maximum absolute atomic E-state index is 13.0. The second kappa shape index (κ2) is 8.19. The Balaban J connectivity index is 1.54. The van der Waals surface area contributed by atoms with Gasteiger partial charge in [0.1, 0.15) is 5.82 Å². The lowest BCUT2D eigenvalue weighted by molar-refractivity contribution is 0.0952. The number of imidazole rings is 1. The topological polar surface area (TPSA) is 46.9 Å². The quantitative estimate of drug-likeness (QED) is 0.759. The Morgan fingerprint density at radius 3 is 2.86 bits per heavy atom. The molecule has 0 atom stereocenters. The van der Waals surface area contributed by atoms with Gasteiger partial charge in [-0.15, -0.1) is 0 Å². The molecule has 0 radical (unpaired) electrons. The van der Waals surface area contributed by atoms with Crippen LogP contribution in [0, 0.1) is 5.82 Å². The van der Waals surface area contributed by atoms with Crippen LogP contribution in [0.3, 0.4) is 0 Å².